The molecule has 0 atom stereocenters. The predicted molar refractivity (Wildman–Crippen MR) is 397 cm³/mol. The van der Waals surface area contributed by atoms with Crippen LogP contribution >= 0.6 is 0 Å². The fourth-order valence-corrected chi connectivity index (χ4v) is 13.9. The van der Waals surface area contributed by atoms with E-state index < -0.39 is 0 Å². The Balaban J connectivity index is 0.930. The number of nitrogens with zero attached hydrogens (tertiary/aromatic N) is 8. The van der Waals surface area contributed by atoms with Crippen molar-refractivity contribution in [3.05, 3.63) is 344 Å². The van der Waals surface area contributed by atoms with Crippen molar-refractivity contribution in [3.8, 4) is 142 Å². The Bertz CT molecular complexity index is 5610. The minimum absolute atomic E-state index is 0.398. The molecule has 0 aliphatic rings. The molecule has 17 aromatic rings. The summed E-state index contributed by atoms with van der Waals surface area (Å²) in [5.41, 5.74) is 23.6. The van der Waals surface area contributed by atoms with Crippen LogP contribution in [0.5, 0.6) is 0 Å². The largest absolute Gasteiger partial charge is 0.309 e. The quantitative estimate of drug-likeness (QED) is 0.120. The van der Waals surface area contributed by atoms with Crippen molar-refractivity contribution in [2.75, 3.05) is 0 Å². The smallest absolute Gasteiger partial charge is 0.164 e. The molecule has 8 heteroatoms. The first kappa shape index (κ1) is 58.0. The summed E-state index contributed by atoms with van der Waals surface area (Å²) in [5, 5.41) is 35.2. The molecule has 0 amide bonds. The van der Waals surface area contributed by atoms with E-state index in [1.54, 1.807) is 6.07 Å². The summed E-state index contributed by atoms with van der Waals surface area (Å²) in [6.45, 7) is 0. The molecule has 3 heterocycles. The molecular formula is C90H54N8. The second-order valence-electron chi connectivity index (χ2n) is 24.5. The van der Waals surface area contributed by atoms with Gasteiger partial charge in [-0.05, 0) is 187 Å². The molecule has 0 aliphatic carbocycles. The molecule has 0 bridgehead atoms. The fraction of sp³-hybridized carbons (Fsp3) is 0. The highest BCUT2D eigenvalue weighted by Crippen LogP contribution is 2.44. The molecule has 0 aliphatic heterocycles. The van der Waals surface area contributed by atoms with E-state index in [-0.39, 0.29) is 0 Å². The normalized spacial score (nSPS) is 11.2. The summed E-state index contributed by atoms with van der Waals surface area (Å²) in [6.07, 6.45) is 0. The number of aromatic nitrogens is 5. The summed E-state index contributed by atoms with van der Waals surface area (Å²) < 4.78 is 4.66. The topological polar surface area (TPSA) is 120 Å². The van der Waals surface area contributed by atoms with Crippen molar-refractivity contribution in [1.29, 1.82) is 15.8 Å². The van der Waals surface area contributed by atoms with Crippen LogP contribution in [0.3, 0.4) is 0 Å². The number of fused-ring (bicyclic) bond motifs is 6. The van der Waals surface area contributed by atoms with Crippen LogP contribution in [0.4, 0.5) is 0 Å². The number of rotatable bonds is 12. The molecule has 0 radical (unpaired) electrons. The molecule has 3 aromatic heterocycles. The van der Waals surface area contributed by atoms with E-state index in [2.05, 4.69) is 234 Å². The van der Waals surface area contributed by atoms with E-state index in [0.717, 1.165) is 138 Å². The Kier molecular flexibility index (Phi) is 14.5. The molecule has 0 N–H and O–H groups in total. The van der Waals surface area contributed by atoms with Crippen LogP contribution in [0, 0.1) is 34.0 Å². The van der Waals surface area contributed by atoms with Gasteiger partial charge in [0.1, 0.15) is 0 Å². The highest BCUT2D eigenvalue weighted by Gasteiger charge is 2.24. The molecule has 0 spiro atoms. The van der Waals surface area contributed by atoms with E-state index in [9.17, 15) is 15.8 Å². The lowest BCUT2D eigenvalue weighted by Gasteiger charge is -2.17. The molecule has 454 valence electrons. The van der Waals surface area contributed by atoms with Gasteiger partial charge in [-0.15, -0.1) is 0 Å². The van der Waals surface area contributed by atoms with Gasteiger partial charge in [-0.1, -0.05) is 218 Å². The van der Waals surface area contributed by atoms with Crippen LogP contribution in [0.15, 0.2) is 328 Å². The van der Waals surface area contributed by atoms with Crippen LogP contribution in [0.1, 0.15) is 16.7 Å². The van der Waals surface area contributed by atoms with Gasteiger partial charge >= 0.3 is 0 Å². The molecule has 0 fully saturated rings. The van der Waals surface area contributed by atoms with E-state index in [4.69, 9.17) is 15.0 Å². The number of nitriles is 3. The van der Waals surface area contributed by atoms with Crippen LogP contribution in [0.25, 0.3) is 167 Å². The van der Waals surface area contributed by atoms with Gasteiger partial charge in [-0.25, -0.2) is 15.0 Å². The standard InChI is InChI=1S/C90H54N8/c91-55-58-16-13-27-67(46-58)65-30-32-66(33-31-65)88-94-89(82-53-74(38-40-76(82)72-28-14-17-59(47-72)56-92)97-84-42-34-68(61-19-5-1-6-20-61)49-78(84)79-50-69(35-43-85(79)97)62-21-7-2-8-22-62)96-90(95-88)83-54-75(39-41-77(83)73-29-15-18-60(48-73)57-93)98-86-44-36-70(63-23-9-3-10-24-63)51-80(86)81-52-71(37-45-87(81)98)64-25-11-4-12-26-64/h1-54H. The Morgan fingerprint density at radius 1 is 0.204 bits per heavy atom. The summed E-state index contributed by atoms with van der Waals surface area (Å²) in [6, 6.07) is 120. The molecule has 14 aromatic carbocycles. The lowest BCUT2D eigenvalue weighted by atomic mass is 9.95. The van der Waals surface area contributed by atoms with Crippen LogP contribution in [-0.4, -0.2) is 24.1 Å². The van der Waals surface area contributed by atoms with Crippen molar-refractivity contribution in [1.82, 2.24) is 24.1 Å². The second-order valence-corrected chi connectivity index (χ2v) is 24.5. The molecule has 0 saturated heterocycles. The third kappa shape index (κ3) is 10.6. The third-order valence-corrected chi connectivity index (χ3v) is 18.7. The Hall–Kier alpha value is -13.8. The molecule has 98 heavy (non-hydrogen) atoms. The minimum Gasteiger partial charge on any atom is -0.309 e. The third-order valence-electron chi connectivity index (χ3n) is 18.7. The van der Waals surface area contributed by atoms with Crippen molar-refractivity contribution >= 4 is 43.6 Å². The van der Waals surface area contributed by atoms with Crippen molar-refractivity contribution in [2.24, 2.45) is 0 Å². The maximum Gasteiger partial charge on any atom is 0.164 e. The number of benzene rings is 14. The first-order valence-electron chi connectivity index (χ1n) is 32.5. The van der Waals surface area contributed by atoms with Gasteiger partial charge in [0, 0.05) is 49.6 Å². The zero-order valence-corrected chi connectivity index (χ0v) is 52.8. The molecule has 17 rings (SSSR count). The first-order chi connectivity index (χ1) is 48.4. The Morgan fingerprint density at radius 2 is 0.480 bits per heavy atom. The Labute approximate surface area is 566 Å². The highest BCUT2D eigenvalue weighted by atomic mass is 15.0. The number of hydrogen-bond acceptors (Lipinski definition) is 6. The van der Waals surface area contributed by atoms with Gasteiger partial charge in [-0.3, -0.25) is 0 Å². The number of hydrogen-bond donors (Lipinski definition) is 0. The molecule has 0 unspecified atom stereocenters. The summed E-state index contributed by atoms with van der Waals surface area (Å²) in [5.74, 6) is 1.22. The maximum absolute atomic E-state index is 10.5. The van der Waals surface area contributed by atoms with Crippen LogP contribution in [0.2, 0.25) is 0 Å². The molecular weight excluding hydrogens is 1190 g/mol. The van der Waals surface area contributed by atoms with E-state index in [1.165, 1.54) is 0 Å². The summed E-state index contributed by atoms with van der Waals surface area (Å²) in [4.78, 5) is 16.8. The van der Waals surface area contributed by atoms with Crippen LogP contribution < -0.4 is 0 Å². The fourth-order valence-electron chi connectivity index (χ4n) is 13.9. The van der Waals surface area contributed by atoms with E-state index in [0.29, 0.717) is 45.3 Å². The van der Waals surface area contributed by atoms with Gasteiger partial charge < -0.3 is 9.13 Å². The Morgan fingerprint density at radius 3 is 0.827 bits per heavy atom. The summed E-state index contributed by atoms with van der Waals surface area (Å²) in [7, 11) is 0. The second kappa shape index (κ2) is 24.6. The maximum atomic E-state index is 10.5. The predicted octanol–water partition coefficient (Wildman–Crippen LogP) is 22.4. The van der Waals surface area contributed by atoms with Crippen LogP contribution in [-0.2, 0) is 0 Å². The lowest BCUT2D eigenvalue weighted by Crippen LogP contribution is -2.04. The van der Waals surface area contributed by atoms with Crippen molar-refractivity contribution < 1.29 is 0 Å². The van der Waals surface area contributed by atoms with Gasteiger partial charge in [0.25, 0.3) is 0 Å². The highest BCUT2D eigenvalue weighted by molar-refractivity contribution is 6.13. The monoisotopic (exact) mass is 1250 g/mol. The zero-order chi connectivity index (χ0) is 65.6. The summed E-state index contributed by atoms with van der Waals surface area (Å²) >= 11 is 0. The van der Waals surface area contributed by atoms with Gasteiger partial charge in [0.2, 0.25) is 0 Å². The SMILES string of the molecule is N#Cc1cccc(-c2ccc(-c3nc(-c4cc(-n5c6ccc(-c7ccccc7)cc6c6cc(-c7ccccc7)ccc65)ccc4-c4cccc(C#N)c4)nc(-c4cc(-n5c6ccc(-c7ccccc7)cc6c6cc(-c7ccccc7)ccc65)ccc4-c4cccc(C#N)c4)n3)cc2)c1. The lowest BCUT2D eigenvalue weighted by molar-refractivity contribution is 1.07. The van der Waals surface area contributed by atoms with Gasteiger partial charge in [0.05, 0.1) is 57.0 Å². The average molecular weight is 1250 g/mol. The minimum atomic E-state index is 0.398. The van der Waals surface area contributed by atoms with Crippen molar-refractivity contribution in [3.63, 3.8) is 0 Å². The van der Waals surface area contributed by atoms with Gasteiger partial charge in [-0.2, -0.15) is 15.8 Å². The molecule has 8 nitrogen and oxygen atoms in total. The average Bonchev–Trinajstić information content (AvgIpc) is 1.56. The van der Waals surface area contributed by atoms with E-state index in [1.807, 2.05) is 115 Å². The zero-order valence-electron chi connectivity index (χ0n) is 52.8. The van der Waals surface area contributed by atoms with Crippen molar-refractivity contribution in [2.45, 2.75) is 0 Å². The molecule has 0 saturated carbocycles. The van der Waals surface area contributed by atoms with Gasteiger partial charge in [0.15, 0.2) is 17.5 Å². The first-order valence-corrected chi connectivity index (χ1v) is 32.5. The van der Waals surface area contributed by atoms with E-state index >= 15 is 0 Å².